The molecule has 0 atom stereocenters. The molecule has 1 heterocycles. The summed E-state index contributed by atoms with van der Waals surface area (Å²) in [5.74, 6) is -1.27. The molecule has 0 saturated carbocycles. The smallest absolute Gasteiger partial charge is 0.335 e. The van der Waals surface area contributed by atoms with Gasteiger partial charge in [-0.2, -0.15) is 0 Å². The number of rotatable bonds is 6. The molecular weight excluding hydrogens is 422 g/mol. The number of ether oxygens (including phenoxy) is 1. The zero-order valence-electron chi connectivity index (χ0n) is 15.6. The average Bonchev–Trinajstić information content (AvgIpc) is 3.05. The van der Waals surface area contributed by atoms with E-state index in [2.05, 4.69) is 15.9 Å². The fraction of sp³-hybridized carbons (Fsp3) is 0.182. The molecule has 5 nitrogen and oxygen atoms in total. The molecule has 2 aromatic carbocycles. The number of hydrogen-bond acceptors (Lipinski definition) is 3. The zero-order chi connectivity index (χ0) is 20.3. The first-order valence-electron chi connectivity index (χ1n) is 8.87. The maximum absolute atomic E-state index is 12.1. The number of carbonyl (C=O) groups excluding carboxylic acids is 1. The number of carboxylic acid groups (broad SMARTS) is 1. The third kappa shape index (κ3) is 4.17. The standard InChI is InChI=1S/C22H20BrNO4/c1-3-28-21(25)13-18-9-11-20(15-4-7-17(23)8-5-15)24(18)19-10-6-16(22(26)27)12-14(19)2/h4-12H,3,13H2,1-2H3,(H,26,27). The Kier molecular flexibility index (Phi) is 5.99. The number of aryl methyl sites for hydroxylation is 1. The predicted molar refractivity (Wildman–Crippen MR) is 111 cm³/mol. The third-order valence-electron chi connectivity index (χ3n) is 4.42. The molecule has 0 saturated heterocycles. The van der Waals surface area contributed by atoms with Gasteiger partial charge in [-0.05, 0) is 67.4 Å². The summed E-state index contributed by atoms with van der Waals surface area (Å²) in [6.07, 6.45) is 0.129. The molecule has 144 valence electrons. The van der Waals surface area contributed by atoms with Crippen molar-refractivity contribution >= 4 is 27.9 Å². The summed E-state index contributed by atoms with van der Waals surface area (Å²) in [6, 6.07) is 16.7. The summed E-state index contributed by atoms with van der Waals surface area (Å²) >= 11 is 3.45. The van der Waals surface area contributed by atoms with Gasteiger partial charge in [0, 0.05) is 15.9 Å². The van der Waals surface area contributed by atoms with E-state index in [1.54, 1.807) is 25.1 Å². The molecule has 3 rings (SSSR count). The number of esters is 1. The minimum absolute atomic E-state index is 0.129. The van der Waals surface area contributed by atoms with Crippen LogP contribution in [-0.4, -0.2) is 28.2 Å². The van der Waals surface area contributed by atoms with E-state index in [1.807, 2.05) is 47.9 Å². The summed E-state index contributed by atoms with van der Waals surface area (Å²) in [5, 5.41) is 9.25. The van der Waals surface area contributed by atoms with Crippen LogP contribution in [0.3, 0.4) is 0 Å². The minimum atomic E-state index is -0.970. The van der Waals surface area contributed by atoms with Gasteiger partial charge in [0.05, 0.1) is 24.3 Å². The largest absolute Gasteiger partial charge is 0.478 e. The summed E-state index contributed by atoms with van der Waals surface area (Å²) in [5.41, 5.74) is 4.54. The topological polar surface area (TPSA) is 68.5 Å². The Morgan fingerprint density at radius 2 is 1.79 bits per heavy atom. The summed E-state index contributed by atoms with van der Waals surface area (Å²) in [7, 11) is 0. The molecule has 1 N–H and O–H groups in total. The Labute approximate surface area is 171 Å². The monoisotopic (exact) mass is 441 g/mol. The lowest BCUT2D eigenvalue weighted by Gasteiger charge is -2.17. The molecule has 0 fully saturated rings. The number of hydrogen-bond donors (Lipinski definition) is 1. The quantitative estimate of drug-likeness (QED) is 0.545. The van der Waals surface area contributed by atoms with Crippen LogP contribution in [0.15, 0.2) is 59.1 Å². The van der Waals surface area contributed by atoms with Crippen LogP contribution in [0.25, 0.3) is 16.9 Å². The summed E-state index contributed by atoms with van der Waals surface area (Å²) in [4.78, 5) is 23.4. The molecule has 0 amide bonds. The number of halogens is 1. The molecule has 0 unspecified atom stereocenters. The van der Waals surface area contributed by atoms with E-state index in [0.717, 1.165) is 32.7 Å². The fourth-order valence-corrected chi connectivity index (χ4v) is 3.41. The van der Waals surface area contributed by atoms with E-state index in [9.17, 15) is 14.7 Å². The van der Waals surface area contributed by atoms with Crippen molar-refractivity contribution in [3.05, 3.63) is 75.9 Å². The normalized spacial score (nSPS) is 10.7. The molecule has 6 heteroatoms. The molecule has 0 bridgehead atoms. The van der Waals surface area contributed by atoms with E-state index in [-0.39, 0.29) is 18.0 Å². The van der Waals surface area contributed by atoms with Crippen molar-refractivity contribution in [1.82, 2.24) is 4.57 Å². The molecule has 0 radical (unpaired) electrons. The second kappa shape index (κ2) is 8.44. The highest BCUT2D eigenvalue weighted by molar-refractivity contribution is 9.10. The van der Waals surface area contributed by atoms with E-state index in [4.69, 9.17) is 4.74 Å². The Bertz CT molecular complexity index is 1020. The number of benzene rings is 2. The summed E-state index contributed by atoms with van der Waals surface area (Å²) in [6.45, 7) is 3.96. The number of carbonyl (C=O) groups is 2. The van der Waals surface area contributed by atoms with Crippen LogP contribution in [0.1, 0.15) is 28.5 Å². The van der Waals surface area contributed by atoms with Crippen LogP contribution in [-0.2, 0) is 16.0 Å². The maximum Gasteiger partial charge on any atom is 0.335 e. The summed E-state index contributed by atoms with van der Waals surface area (Å²) < 4.78 is 8.07. The van der Waals surface area contributed by atoms with Crippen LogP contribution < -0.4 is 0 Å². The van der Waals surface area contributed by atoms with Gasteiger partial charge < -0.3 is 14.4 Å². The SMILES string of the molecule is CCOC(=O)Cc1ccc(-c2ccc(Br)cc2)n1-c1ccc(C(=O)O)cc1C. The van der Waals surface area contributed by atoms with Crippen LogP contribution in [0.4, 0.5) is 0 Å². The lowest BCUT2D eigenvalue weighted by molar-refractivity contribution is -0.142. The van der Waals surface area contributed by atoms with Crippen molar-refractivity contribution in [2.75, 3.05) is 6.61 Å². The molecule has 0 aliphatic rings. The van der Waals surface area contributed by atoms with Crippen LogP contribution in [0.2, 0.25) is 0 Å². The fourth-order valence-electron chi connectivity index (χ4n) is 3.15. The second-order valence-corrected chi connectivity index (χ2v) is 7.26. The van der Waals surface area contributed by atoms with Crippen LogP contribution in [0, 0.1) is 6.92 Å². The second-order valence-electron chi connectivity index (χ2n) is 6.34. The Morgan fingerprint density at radius 3 is 2.39 bits per heavy atom. The minimum Gasteiger partial charge on any atom is -0.478 e. The molecule has 0 aliphatic carbocycles. The van der Waals surface area contributed by atoms with Gasteiger partial charge in [0.2, 0.25) is 0 Å². The van der Waals surface area contributed by atoms with Gasteiger partial charge in [-0.3, -0.25) is 4.79 Å². The zero-order valence-corrected chi connectivity index (χ0v) is 17.2. The lowest BCUT2D eigenvalue weighted by atomic mass is 10.1. The van der Waals surface area contributed by atoms with Gasteiger partial charge in [-0.1, -0.05) is 28.1 Å². The Morgan fingerprint density at radius 1 is 1.07 bits per heavy atom. The average molecular weight is 442 g/mol. The molecule has 28 heavy (non-hydrogen) atoms. The van der Waals surface area contributed by atoms with Crippen molar-refractivity contribution in [2.24, 2.45) is 0 Å². The number of aromatic carboxylic acids is 1. The highest BCUT2D eigenvalue weighted by atomic mass is 79.9. The molecule has 0 spiro atoms. The van der Waals surface area contributed by atoms with Gasteiger partial charge in [-0.25, -0.2) is 4.79 Å². The van der Waals surface area contributed by atoms with E-state index in [0.29, 0.717) is 6.61 Å². The van der Waals surface area contributed by atoms with Crippen molar-refractivity contribution in [2.45, 2.75) is 20.3 Å². The van der Waals surface area contributed by atoms with E-state index in [1.165, 1.54) is 0 Å². The first-order valence-corrected chi connectivity index (χ1v) is 9.66. The maximum atomic E-state index is 12.1. The first-order chi connectivity index (χ1) is 13.4. The lowest BCUT2D eigenvalue weighted by Crippen LogP contribution is -2.12. The predicted octanol–water partition coefficient (Wildman–Crippen LogP) is 5.02. The third-order valence-corrected chi connectivity index (χ3v) is 4.95. The highest BCUT2D eigenvalue weighted by Crippen LogP contribution is 2.30. The van der Waals surface area contributed by atoms with Crippen molar-refractivity contribution < 1.29 is 19.4 Å². The molecule has 3 aromatic rings. The Balaban J connectivity index is 2.15. The van der Waals surface area contributed by atoms with Crippen LogP contribution in [0.5, 0.6) is 0 Å². The number of aromatic nitrogens is 1. The van der Waals surface area contributed by atoms with Gasteiger partial charge in [-0.15, -0.1) is 0 Å². The van der Waals surface area contributed by atoms with Gasteiger partial charge in [0.25, 0.3) is 0 Å². The van der Waals surface area contributed by atoms with Crippen molar-refractivity contribution in [3.8, 4) is 16.9 Å². The Hall–Kier alpha value is -2.86. The van der Waals surface area contributed by atoms with Gasteiger partial charge in [0.1, 0.15) is 0 Å². The van der Waals surface area contributed by atoms with Crippen molar-refractivity contribution in [1.29, 1.82) is 0 Å². The van der Waals surface area contributed by atoms with Crippen molar-refractivity contribution in [3.63, 3.8) is 0 Å². The number of carboxylic acids is 1. The highest BCUT2D eigenvalue weighted by Gasteiger charge is 2.17. The van der Waals surface area contributed by atoms with E-state index >= 15 is 0 Å². The molecular formula is C22H20BrNO4. The number of nitrogens with zero attached hydrogens (tertiary/aromatic N) is 1. The van der Waals surface area contributed by atoms with Crippen LogP contribution >= 0.6 is 15.9 Å². The van der Waals surface area contributed by atoms with Gasteiger partial charge in [0.15, 0.2) is 0 Å². The van der Waals surface area contributed by atoms with Gasteiger partial charge >= 0.3 is 11.9 Å². The molecule has 1 aromatic heterocycles. The first kappa shape index (κ1) is 19.9. The molecule has 0 aliphatic heterocycles. The van der Waals surface area contributed by atoms with E-state index < -0.39 is 5.97 Å².